The van der Waals surface area contributed by atoms with Crippen molar-refractivity contribution in [2.75, 3.05) is 10.6 Å². The predicted molar refractivity (Wildman–Crippen MR) is 132 cm³/mol. The Hall–Kier alpha value is -3.90. The monoisotopic (exact) mass is 516 g/mol. The molecular formula is C23H24N4O6S2. The third kappa shape index (κ3) is 6.80. The van der Waals surface area contributed by atoms with E-state index in [1.807, 2.05) is 9.44 Å². The van der Waals surface area contributed by atoms with Crippen molar-refractivity contribution in [3.8, 4) is 0 Å². The third-order valence-electron chi connectivity index (χ3n) is 4.79. The van der Waals surface area contributed by atoms with Crippen molar-refractivity contribution in [3.63, 3.8) is 0 Å². The van der Waals surface area contributed by atoms with Gasteiger partial charge < -0.3 is 10.6 Å². The molecule has 12 heteroatoms. The molecule has 0 radical (unpaired) electrons. The fourth-order valence-corrected chi connectivity index (χ4v) is 4.78. The van der Waals surface area contributed by atoms with Crippen LogP contribution in [-0.4, -0.2) is 28.9 Å². The molecule has 0 aliphatic rings. The number of carbonyl (C=O) groups excluding carboxylic acids is 2. The lowest BCUT2D eigenvalue weighted by Gasteiger charge is -2.15. The number of hydrogen-bond acceptors (Lipinski definition) is 6. The highest BCUT2D eigenvalue weighted by atomic mass is 32.2. The first kappa shape index (κ1) is 25.7. The first-order valence-corrected chi connectivity index (χ1v) is 13.2. The first-order chi connectivity index (χ1) is 16.4. The van der Waals surface area contributed by atoms with Crippen LogP contribution in [0.4, 0.5) is 21.0 Å². The lowest BCUT2D eigenvalue weighted by atomic mass is 10.2. The van der Waals surface area contributed by atoms with Crippen LogP contribution in [0.5, 0.6) is 0 Å². The molecule has 0 fully saturated rings. The fourth-order valence-electron chi connectivity index (χ4n) is 2.96. The van der Waals surface area contributed by atoms with Gasteiger partial charge in [0.2, 0.25) is 0 Å². The van der Waals surface area contributed by atoms with Crippen molar-refractivity contribution < 1.29 is 26.4 Å². The van der Waals surface area contributed by atoms with Gasteiger partial charge in [-0.15, -0.1) is 0 Å². The Morgan fingerprint density at radius 1 is 0.543 bits per heavy atom. The fraction of sp³-hybridized carbons (Fsp3) is 0.130. The first-order valence-electron chi connectivity index (χ1n) is 10.3. The van der Waals surface area contributed by atoms with E-state index in [-0.39, 0.29) is 21.2 Å². The Morgan fingerprint density at radius 2 is 0.914 bits per heavy atom. The molecule has 0 atom stereocenters. The number of urea groups is 2. The van der Waals surface area contributed by atoms with E-state index in [9.17, 15) is 26.4 Å². The van der Waals surface area contributed by atoms with E-state index in [1.165, 1.54) is 36.4 Å². The van der Waals surface area contributed by atoms with Crippen LogP contribution < -0.4 is 20.1 Å². The van der Waals surface area contributed by atoms with Crippen LogP contribution >= 0.6 is 0 Å². The predicted octanol–water partition coefficient (Wildman–Crippen LogP) is 3.63. The maximum absolute atomic E-state index is 12.5. The Bertz CT molecular complexity index is 1470. The molecule has 35 heavy (non-hydrogen) atoms. The van der Waals surface area contributed by atoms with E-state index < -0.39 is 32.1 Å². The van der Waals surface area contributed by atoms with Gasteiger partial charge in [0.25, 0.3) is 20.0 Å². The summed E-state index contributed by atoms with van der Waals surface area (Å²) in [5, 5.41) is 4.73. The minimum atomic E-state index is -4.14. The van der Waals surface area contributed by atoms with Gasteiger partial charge in [0, 0.05) is 0 Å². The Labute approximate surface area is 203 Å². The van der Waals surface area contributed by atoms with E-state index in [2.05, 4.69) is 10.6 Å². The second-order valence-corrected chi connectivity index (χ2v) is 11.2. The quantitative estimate of drug-likeness (QED) is 0.393. The minimum absolute atomic E-state index is 0.0510. The summed E-state index contributed by atoms with van der Waals surface area (Å²) < 4.78 is 53.6. The van der Waals surface area contributed by atoms with Crippen molar-refractivity contribution in [2.24, 2.45) is 0 Å². The molecule has 0 aliphatic heterocycles. The summed E-state index contributed by atoms with van der Waals surface area (Å²) in [4.78, 5) is 24.6. The van der Waals surface area contributed by atoms with Crippen LogP contribution in [0, 0.1) is 20.8 Å². The summed E-state index contributed by atoms with van der Waals surface area (Å²) in [6, 6.07) is 14.3. The van der Waals surface area contributed by atoms with Gasteiger partial charge in [0.1, 0.15) is 0 Å². The summed E-state index contributed by atoms with van der Waals surface area (Å²) in [6.07, 6.45) is 0. The lowest BCUT2D eigenvalue weighted by molar-refractivity contribution is 0.255. The Balaban J connectivity index is 1.73. The summed E-state index contributed by atoms with van der Waals surface area (Å²) >= 11 is 0. The van der Waals surface area contributed by atoms with Crippen LogP contribution in [-0.2, 0) is 20.0 Å². The molecular weight excluding hydrogens is 492 g/mol. The number of benzene rings is 3. The van der Waals surface area contributed by atoms with Gasteiger partial charge in [-0.2, -0.15) is 0 Å². The molecule has 0 aliphatic carbocycles. The van der Waals surface area contributed by atoms with Gasteiger partial charge in [-0.25, -0.2) is 35.9 Å². The number of sulfonamides is 2. The van der Waals surface area contributed by atoms with Crippen molar-refractivity contribution in [3.05, 3.63) is 83.4 Å². The number of amides is 4. The molecule has 10 nitrogen and oxygen atoms in total. The second-order valence-electron chi connectivity index (χ2n) is 7.79. The number of carbonyl (C=O) groups is 2. The van der Waals surface area contributed by atoms with E-state index in [0.717, 1.165) is 11.1 Å². The number of nitrogens with one attached hydrogen (secondary N) is 4. The van der Waals surface area contributed by atoms with Gasteiger partial charge in [0.15, 0.2) is 0 Å². The van der Waals surface area contributed by atoms with Gasteiger partial charge in [-0.05, 0) is 62.7 Å². The molecule has 0 bridgehead atoms. The van der Waals surface area contributed by atoms with Gasteiger partial charge in [-0.3, -0.25) is 0 Å². The van der Waals surface area contributed by atoms with Crippen molar-refractivity contribution >= 4 is 43.5 Å². The maximum Gasteiger partial charge on any atom is 0.333 e. The van der Waals surface area contributed by atoms with Crippen LogP contribution in [0.2, 0.25) is 0 Å². The van der Waals surface area contributed by atoms with Crippen molar-refractivity contribution in [1.29, 1.82) is 0 Å². The normalized spacial score (nSPS) is 11.4. The summed E-state index contributed by atoms with van der Waals surface area (Å²) in [7, 11) is -8.28. The minimum Gasteiger partial charge on any atom is -0.305 e. The van der Waals surface area contributed by atoms with Crippen LogP contribution in [0.25, 0.3) is 0 Å². The highest BCUT2D eigenvalue weighted by molar-refractivity contribution is 7.90. The molecule has 0 saturated heterocycles. The Kier molecular flexibility index (Phi) is 7.46. The molecule has 184 valence electrons. The lowest BCUT2D eigenvalue weighted by Crippen LogP contribution is -2.36. The van der Waals surface area contributed by atoms with E-state index in [0.29, 0.717) is 5.56 Å². The maximum atomic E-state index is 12.5. The van der Waals surface area contributed by atoms with Crippen LogP contribution in [0.1, 0.15) is 16.7 Å². The molecule has 4 N–H and O–H groups in total. The smallest absolute Gasteiger partial charge is 0.305 e. The van der Waals surface area contributed by atoms with E-state index in [1.54, 1.807) is 51.1 Å². The molecule has 3 aromatic rings. The average molecular weight is 517 g/mol. The van der Waals surface area contributed by atoms with Gasteiger partial charge in [-0.1, -0.05) is 41.5 Å². The van der Waals surface area contributed by atoms with Crippen molar-refractivity contribution in [2.45, 2.75) is 30.6 Å². The van der Waals surface area contributed by atoms with Gasteiger partial charge in [0.05, 0.1) is 21.2 Å². The molecule has 0 heterocycles. The molecule has 0 aromatic heterocycles. The molecule has 0 spiro atoms. The molecule has 0 saturated carbocycles. The zero-order valence-corrected chi connectivity index (χ0v) is 20.7. The van der Waals surface area contributed by atoms with Crippen LogP contribution in [0.3, 0.4) is 0 Å². The number of anilines is 2. The largest absolute Gasteiger partial charge is 0.333 e. The van der Waals surface area contributed by atoms with Crippen molar-refractivity contribution in [1.82, 2.24) is 9.44 Å². The second kappa shape index (κ2) is 10.2. The zero-order chi connectivity index (χ0) is 25.8. The Morgan fingerprint density at radius 3 is 1.34 bits per heavy atom. The SMILES string of the molecule is Cc1ccc(S(=O)(=O)NC(=O)Nc2ccc(C)cc2NC(=O)NS(=O)(=O)c2ccc(C)cc2)cc1. The number of rotatable bonds is 6. The standard InChI is InChI=1S/C23H24N4O6S2/c1-15-4-9-18(10-5-15)34(30,31)26-22(28)24-20-13-8-17(3)14-21(20)25-23(29)27-35(32,33)19-11-6-16(2)7-12-19/h4-14H,1-3H3,(H2,24,26,28)(H2,25,27,29). The third-order valence-corrected chi connectivity index (χ3v) is 7.48. The average Bonchev–Trinajstić information content (AvgIpc) is 2.75. The highest BCUT2D eigenvalue weighted by Gasteiger charge is 2.21. The topological polar surface area (TPSA) is 151 Å². The summed E-state index contributed by atoms with van der Waals surface area (Å²) in [5.74, 6) is 0. The molecule has 3 rings (SSSR count). The van der Waals surface area contributed by atoms with Gasteiger partial charge >= 0.3 is 12.1 Å². The summed E-state index contributed by atoms with van der Waals surface area (Å²) in [6.45, 7) is 5.31. The molecule has 4 amide bonds. The van der Waals surface area contributed by atoms with E-state index in [4.69, 9.17) is 0 Å². The van der Waals surface area contributed by atoms with Crippen LogP contribution in [0.15, 0.2) is 76.5 Å². The number of hydrogen-bond donors (Lipinski definition) is 4. The molecule has 3 aromatic carbocycles. The highest BCUT2D eigenvalue weighted by Crippen LogP contribution is 2.23. The number of aryl methyl sites for hydroxylation is 3. The zero-order valence-electron chi connectivity index (χ0n) is 19.1. The summed E-state index contributed by atoms with van der Waals surface area (Å²) in [5.41, 5.74) is 2.51. The van der Waals surface area contributed by atoms with E-state index >= 15 is 0 Å². The molecule has 0 unspecified atom stereocenters.